The zero-order chi connectivity index (χ0) is 12.8. The van der Waals surface area contributed by atoms with Crippen molar-refractivity contribution in [3.05, 3.63) is 28.8 Å². The van der Waals surface area contributed by atoms with E-state index >= 15 is 0 Å². The summed E-state index contributed by atoms with van der Waals surface area (Å²) in [4.78, 5) is 2.20. The van der Waals surface area contributed by atoms with Crippen LogP contribution in [0.1, 0.15) is 18.4 Å². The minimum absolute atomic E-state index is 0.256. The first kappa shape index (κ1) is 12.3. The van der Waals surface area contributed by atoms with Crippen molar-refractivity contribution in [2.45, 2.75) is 31.0 Å². The van der Waals surface area contributed by atoms with Gasteiger partial charge < -0.3 is 9.84 Å². The van der Waals surface area contributed by atoms with Gasteiger partial charge in [0.25, 0.3) is 0 Å². The summed E-state index contributed by atoms with van der Waals surface area (Å²) in [5.74, 6) is 0.751. The largest absolute Gasteiger partial charge is 0.486 e. The van der Waals surface area contributed by atoms with Crippen molar-refractivity contribution in [2.75, 3.05) is 20.1 Å². The Balaban J connectivity index is 1.65. The molecule has 1 aromatic rings. The lowest BCUT2D eigenvalue weighted by atomic mass is 10.1. The predicted molar refractivity (Wildman–Crippen MR) is 71.3 cm³/mol. The lowest BCUT2D eigenvalue weighted by Crippen LogP contribution is -2.51. The van der Waals surface area contributed by atoms with Crippen LogP contribution in [-0.4, -0.2) is 41.8 Å². The molecule has 18 heavy (non-hydrogen) atoms. The SMILES string of the molecule is CN1CC(Oc2ccc(CC3(O)CC3)cc2Cl)C1. The van der Waals surface area contributed by atoms with Crippen molar-refractivity contribution >= 4 is 11.6 Å². The first-order chi connectivity index (χ1) is 8.54. The molecule has 1 saturated heterocycles. The molecule has 98 valence electrons. The summed E-state index contributed by atoms with van der Waals surface area (Å²) in [5, 5.41) is 10.5. The molecule has 1 aliphatic carbocycles. The fourth-order valence-electron chi connectivity index (χ4n) is 2.35. The summed E-state index contributed by atoms with van der Waals surface area (Å²) in [6.45, 7) is 1.91. The molecule has 1 saturated carbocycles. The summed E-state index contributed by atoms with van der Waals surface area (Å²) in [5.41, 5.74) is 0.612. The maximum atomic E-state index is 9.88. The third-order valence-electron chi connectivity index (χ3n) is 3.68. The van der Waals surface area contributed by atoms with E-state index in [0.29, 0.717) is 11.4 Å². The Labute approximate surface area is 112 Å². The van der Waals surface area contributed by atoms with Gasteiger partial charge >= 0.3 is 0 Å². The molecule has 2 fully saturated rings. The van der Waals surface area contributed by atoms with Gasteiger partial charge in [0.05, 0.1) is 10.6 Å². The molecule has 3 nitrogen and oxygen atoms in total. The molecule has 1 aliphatic heterocycles. The van der Waals surface area contributed by atoms with E-state index in [1.165, 1.54) is 0 Å². The van der Waals surface area contributed by atoms with Gasteiger partial charge in [0.15, 0.2) is 0 Å². The molecule has 0 spiro atoms. The fourth-order valence-corrected chi connectivity index (χ4v) is 2.59. The van der Waals surface area contributed by atoms with Crippen LogP contribution in [0.2, 0.25) is 5.02 Å². The minimum Gasteiger partial charge on any atom is -0.486 e. The Morgan fingerprint density at radius 3 is 2.72 bits per heavy atom. The normalized spacial score (nSPS) is 22.6. The second-order valence-corrected chi connectivity index (χ2v) is 6.03. The van der Waals surface area contributed by atoms with Gasteiger partial charge in [-0.05, 0) is 37.6 Å². The van der Waals surface area contributed by atoms with Gasteiger partial charge in [-0.25, -0.2) is 0 Å². The monoisotopic (exact) mass is 267 g/mol. The summed E-state index contributed by atoms with van der Waals surface area (Å²) in [6.07, 6.45) is 2.75. The Hall–Kier alpha value is -0.770. The summed E-state index contributed by atoms with van der Waals surface area (Å²) >= 11 is 6.22. The molecule has 0 atom stereocenters. The Morgan fingerprint density at radius 1 is 1.44 bits per heavy atom. The number of aliphatic hydroxyl groups is 1. The third-order valence-corrected chi connectivity index (χ3v) is 3.98. The standard InChI is InChI=1S/C14H18ClNO2/c1-16-8-11(9-16)18-13-3-2-10(6-12(13)15)7-14(17)4-5-14/h2-3,6,11,17H,4-5,7-9H2,1H3. The summed E-state index contributed by atoms with van der Waals surface area (Å²) in [6, 6.07) is 5.83. The van der Waals surface area contributed by atoms with Crippen LogP contribution in [0, 0.1) is 0 Å². The molecule has 0 unspecified atom stereocenters. The van der Waals surface area contributed by atoms with Gasteiger partial charge in [-0.15, -0.1) is 0 Å². The first-order valence-corrected chi connectivity index (χ1v) is 6.78. The van der Waals surface area contributed by atoms with E-state index in [0.717, 1.165) is 37.2 Å². The molecular formula is C14H18ClNO2. The van der Waals surface area contributed by atoms with E-state index in [4.69, 9.17) is 16.3 Å². The number of halogens is 1. The molecule has 0 aromatic heterocycles. The zero-order valence-electron chi connectivity index (χ0n) is 10.5. The van der Waals surface area contributed by atoms with E-state index in [-0.39, 0.29) is 6.10 Å². The van der Waals surface area contributed by atoms with Gasteiger partial charge in [0.2, 0.25) is 0 Å². The highest BCUT2D eigenvalue weighted by atomic mass is 35.5. The lowest BCUT2D eigenvalue weighted by Gasteiger charge is -2.36. The smallest absolute Gasteiger partial charge is 0.138 e. The van der Waals surface area contributed by atoms with Gasteiger partial charge in [-0.3, -0.25) is 4.90 Å². The predicted octanol–water partition coefficient (Wildman–Crippen LogP) is 2.10. The molecule has 0 amide bonds. The molecule has 3 rings (SSSR count). The zero-order valence-corrected chi connectivity index (χ0v) is 11.3. The average Bonchev–Trinajstić information content (AvgIpc) is 2.97. The van der Waals surface area contributed by atoms with Crippen LogP contribution in [0.4, 0.5) is 0 Å². The van der Waals surface area contributed by atoms with Crippen molar-refractivity contribution in [1.82, 2.24) is 4.90 Å². The minimum atomic E-state index is -0.470. The quantitative estimate of drug-likeness (QED) is 0.907. The Kier molecular flexibility index (Phi) is 3.00. The van der Waals surface area contributed by atoms with Gasteiger partial charge in [0, 0.05) is 19.5 Å². The van der Waals surface area contributed by atoms with Crippen molar-refractivity contribution in [1.29, 1.82) is 0 Å². The number of benzene rings is 1. The highest BCUT2D eigenvalue weighted by molar-refractivity contribution is 6.32. The number of likely N-dealkylation sites (tertiary alicyclic amines) is 1. The van der Waals surface area contributed by atoms with E-state index in [2.05, 4.69) is 11.9 Å². The molecule has 0 radical (unpaired) electrons. The van der Waals surface area contributed by atoms with Gasteiger partial charge in [-0.2, -0.15) is 0 Å². The van der Waals surface area contributed by atoms with Crippen LogP contribution in [0.5, 0.6) is 5.75 Å². The van der Waals surface area contributed by atoms with E-state index in [1.807, 2.05) is 18.2 Å². The first-order valence-electron chi connectivity index (χ1n) is 6.40. The average molecular weight is 268 g/mol. The number of rotatable bonds is 4. The van der Waals surface area contributed by atoms with Crippen LogP contribution in [-0.2, 0) is 6.42 Å². The topological polar surface area (TPSA) is 32.7 Å². The van der Waals surface area contributed by atoms with Crippen molar-refractivity contribution < 1.29 is 9.84 Å². The van der Waals surface area contributed by atoms with Gasteiger partial charge in [0.1, 0.15) is 11.9 Å². The maximum absolute atomic E-state index is 9.88. The molecule has 2 aliphatic rings. The highest BCUT2D eigenvalue weighted by Gasteiger charge is 2.40. The second-order valence-electron chi connectivity index (χ2n) is 5.63. The molecule has 4 heteroatoms. The number of hydrogen-bond donors (Lipinski definition) is 1. The van der Waals surface area contributed by atoms with Crippen LogP contribution in [0.3, 0.4) is 0 Å². The molecular weight excluding hydrogens is 250 g/mol. The molecule has 1 N–H and O–H groups in total. The number of nitrogens with zero attached hydrogens (tertiary/aromatic N) is 1. The van der Waals surface area contributed by atoms with Crippen LogP contribution in [0.15, 0.2) is 18.2 Å². The van der Waals surface area contributed by atoms with E-state index < -0.39 is 5.60 Å². The number of ether oxygens (including phenoxy) is 1. The third kappa shape index (κ3) is 2.63. The summed E-state index contributed by atoms with van der Waals surface area (Å²) < 4.78 is 5.82. The Bertz CT molecular complexity index is 453. The highest BCUT2D eigenvalue weighted by Crippen LogP contribution is 2.39. The second kappa shape index (κ2) is 4.41. The molecule has 1 aromatic carbocycles. The van der Waals surface area contributed by atoms with Gasteiger partial charge in [-0.1, -0.05) is 17.7 Å². The van der Waals surface area contributed by atoms with E-state index in [1.54, 1.807) is 0 Å². The van der Waals surface area contributed by atoms with Crippen molar-refractivity contribution in [2.24, 2.45) is 0 Å². The Morgan fingerprint density at radius 2 is 2.17 bits per heavy atom. The fraction of sp³-hybridized carbons (Fsp3) is 0.571. The summed E-state index contributed by atoms with van der Waals surface area (Å²) in [7, 11) is 2.07. The molecule has 0 bridgehead atoms. The van der Waals surface area contributed by atoms with Crippen LogP contribution >= 0.6 is 11.6 Å². The van der Waals surface area contributed by atoms with E-state index in [9.17, 15) is 5.11 Å². The maximum Gasteiger partial charge on any atom is 0.138 e. The number of likely N-dealkylation sites (N-methyl/N-ethyl adjacent to an activating group) is 1. The molecule has 1 heterocycles. The van der Waals surface area contributed by atoms with Crippen molar-refractivity contribution in [3.8, 4) is 5.75 Å². The lowest BCUT2D eigenvalue weighted by molar-refractivity contribution is 0.0389. The number of hydrogen-bond acceptors (Lipinski definition) is 3. The van der Waals surface area contributed by atoms with Crippen LogP contribution in [0.25, 0.3) is 0 Å². The van der Waals surface area contributed by atoms with Crippen molar-refractivity contribution in [3.63, 3.8) is 0 Å². The van der Waals surface area contributed by atoms with Crippen LogP contribution < -0.4 is 4.74 Å².